The zero-order valence-corrected chi connectivity index (χ0v) is 14.8. The maximum atomic E-state index is 13.2. The van der Waals surface area contributed by atoms with Crippen molar-refractivity contribution in [2.75, 3.05) is 0 Å². The number of nitrogens with one attached hydrogen (secondary N) is 1. The van der Waals surface area contributed by atoms with Crippen LogP contribution in [-0.4, -0.2) is 0 Å². The molecule has 0 heterocycles. The van der Waals surface area contributed by atoms with Crippen molar-refractivity contribution in [3.05, 3.63) is 66.4 Å². The number of benzene rings is 2. The normalized spacial score (nSPS) is 12.4. The maximum Gasteiger partial charge on any atom is 0.141 e. The maximum absolute atomic E-state index is 13.2. The first-order valence-corrected chi connectivity index (χ1v) is 8.11. The second-order valence-electron chi connectivity index (χ2n) is 4.34. The summed E-state index contributed by atoms with van der Waals surface area (Å²) in [4.78, 5) is 0. The summed E-state index contributed by atoms with van der Waals surface area (Å²) in [7, 11) is 0. The predicted octanol–water partition coefficient (Wildman–Crippen LogP) is 4.59. The molecule has 2 nitrogen and oxygen atoms in total. The van der Waals surface area contributed by atoms with Crippen molar-refractivity contribution < 1.29 is 4.39 Å². The summed E-state index contributed by atoms with van der Waals surface area (Å²) in [5.74, 6) is 5.25. The lowest BCUT2D eigenvalue weighted by Crippen LogP contribution is -2.30. The number of hydrogen-bond donors (Lipinski definition) is 2. The lowest BCUT2D eigenvalue weighted by atomic mass is 9.99. The van der Waals surface area contributed by atoms with Gasteiger partial charge in [-0.2, -0.15) is 0 Å². The third kappa shape index (κ3) is 3.92. The number of rotatable bonds is 4. The van der Waals surface area contributed by atoms with Gasteiger partial charge in [0.25, 0.3) is 0 Å². The molecular formula is C14H12BrClFIN2. The highest BCUT2D eigenvalue weighted by Crippen LogP contribution is 2.27. The molecule has 0 saturated heterocycles. The summed E-state index contributed by atoms with van der Waals surface area (Å²) in [6, 6.07) is 10.7. The van der Waals surface area contributed by atoms with Gasteiger partial charge in [0.05, 0.1) is 11.1 Å². The van der Waals surface area contributed by atoms with Crippen molar-refractivity contribution >= 4 is 50.1 Å². The van der Waals surface area contributed by atoms with Crippen LogP contribution in [-0.2, 0) is 6.42 Å². The third-order valence-corrected chi connectivity index (χ3v) is 4.72. The molecule has 20 heavy (non-hydrogen) atoms. The topological polar surface area (TPSA) is 38.0 Å². The van der Waals surface area contributed by atoms with E-state index in [1.165, 1.54) is 6.07 Å². The molecule has 2 rings (SSSR count). The van der Waals surface area contributed by atoms with Crippen molar-refractivity contribution in [3.8, 4) is 0 Å². The molecule has 106 valence electrons. The summed E-state index contributed by atoms with van der Waals surface area (Å²) in [6.45, 7) is 0. The first kappa shape index (κ1) is 16.2. The average molecular weight is 470 g/mol. The third-order valence-electron chi connectivity index (χ3n) is 2.96. The van der Waals surface area contributed by atoms with E-state index in [-0.39, 0.29) is 11.1 Å². The fourth-order valence-corrected chi connectivity index (χ4v) is 3.24. The Morgan fingerprint density at radius 1 is 1.30 bits per heavy atom. The summed E-state index contributed by atoms with van der Waals surface area (Å²) in [5.41, 5.74) is 4.82. The largest absolute Gasteiger partial charge is 0.271 e. The van der Waals surface area contributed by atoms with Crippen molar-refractivity contribution in [1.29, 1.82) is 0 Å². The Hall–Kier alpha value is -0.210. The molecule has 0 bridgehead atoms. The van der Waals surface area contributed by atoms with Crippen LogP contribution in [0.2, 0.25) is 5.02 Å². The van der Waals surface area contributed by atoms with Crippen LogP contribution in [0.1, 0.15) is 17.2 Å². The van der Waals surface area contributed by atoms with Crippen molar-refractivity contribution in [2.45, 2.75) is 12.5 Å². The van der Waals surface area contributed by atoms with Gasteiger partial charge in [-0.3, -0.25) is 11.3 Å². The molecule has 1 unspecified atom stereocenters. The minimum atomic E-state index is -0.412. The Balaban J connectivity index is 2.28. The first-order chi connectivity index (χ1) is 9.51. The van der Waals surface area contributed by atoms with Gasteiger partial charge >= 0.3 is 0 Å². The van der Waals surface area contributed by atoms with Crippen molar-refractivity contribution in [3.63, 3.8) is 0 Å². The average Bonchev–Trinajstić information content (AvgIpc) is 2.43. The molecule has 0 spiro atoms. The quantitative estimate of drug-likeness (QED) is 0.391. The molecule has 2 aromatic rings. The van der Waals surface area contributed by atoms with Gasteiger partial charge in [0, 0.05) is 8.04 Å². The van der Waals surface area contributed by atoms with Crippen LogP contribution in [0.15, 0.2) is 40.9 Å². The molecule has 0 radical (unpaired) electrons. The molecule has 0 fully saturated rings. The van der Waals surface area contributed by atoms with Crippen LogP contribution in [0.25, 0.3) is 0 Å². The summed E-state index contributed by atoms with van der Waals surface area (Å²) in [5, 5.41) is 0.127. The number of hydrazine groups is 1. The molecule has 0 aliphatic rings. The molecule has 1 atom stereocenters. The van der Waals surface area contributed by atoms with Gasteiger partial charge < -0.3 is 0 Å². The first-order valence-electron chi connectivity index (χ1n) is 5.86. The Morgan fingerprint density at radius 2 is 2.05 bits per heavy atom. The van der Waals surface area contributed by atoms with Gasteiger partial charge in [-0.15, -0.1) is 0 Å². The van der Waals surface area contributed by atoms with Crippen LogP contribution in [0.3, 0.4) is 0 Å². The van der Waals surface area contributed by atoms with Crippen molar-refractivity contribution in [1.82, 2.24) is 5.43 Å². The van der Waals surface area contributed by atoms with E-state index >= 15 is 0 Å². The van der Waals surface area contributed by atoms with Gasteiger partial charge in [-0.25, -0.2) is 4.39 Å². The summed E-state index contributed by atoms with van der Waals surface area (Å²) >= 11 is 11.5. The predicted molar refractivity (Wildman–Crippen MR) is 92.0 cm³/mol. The van der Waals surface area contributed by atoms with Crippen LogP contribution in [0, 0.1) is 9.39 Å². The number of nitrogens with two attached hydrogens (primary N) is 1. The summed E-state index contributed by atoms with van der Waals surface area (Å²) < 4.78 is 15.3. The van der Waals surface area contributed by atoms with Crippen LogP contribution in [0.4, 0.5) is 4.39 Å². The molecule has 0 aliphatic carbocycles. The van der Waals surface area contributed by atoms with Crippen molar-refractivity contribution in [2.24, 2.45) is 5.84 Å². The van der Waals surface area contributed by atoms with Gasteiger partial charge in [0.1, 0.15) is 5.82 Å². The zero-order chi connectivity index (χ0) is 14.7. The van der Waals surface area contributed by atoms with Crippen LogP contribution in [0.5, 0.6) is 0 Å². The Bertz CT molecular complexity index is 624. The van der Waals surface area contributed by atoms with Gasteiger partial charge in [0.2, 0.25) is 0 Å². The highest BCUT2D eigenvalue weighted by Gasteiger charge is 2.15. The fraction of sp³-hybridized carbons (Fsp3) is 0.143. The smallest absolute Gasteiger partial charge is 0.141 e. The molecule has 2 aromatic carbocycles. The number of halogens is 4. The molecule has 0 aliphatic heterocycles. The Kier molecular flexibility index (Phi) is 5.80. The van der Waals surface area contributed by atoms with E-state index in [4.69, 9.17) is 17.4 Å². The van der Waals surface area contributed by atoms with E-state index in [1.54, 1.807) is 12.1 Å². The minimum absolute atomic E-state index is 0.0686. The molecule has 6 heteroatoms. The fourth-order valence-electron chi connectivity index (χ4n) is 1.94. The van der Waals surface area contributed by atoms with E-state index in [0.29, 0.717) is 6.42 Å². The van der Waals surface area contributed by atoms with Gasteiger partial charge in [-0.05, 0) is 70.5 Å². The highest BCUT2D eigenvalue weighted by atomic mass is 127. The van der Waals surface area contributed by atoms with Gasteiger partial charge in [-0.1, -0.05) is 33.6 Å². The standard InChI is InChI=1S/C14H12BrClFIN2/c15-9-2-4-13(18)10(7-9)14(20-19)6-8-1-3-12(17)11(16)5-8/h1-5,7,14,20H,6,19H2. The number of hydrogen-bond acceptors (Lipinski definition) is 2. The molecular weight excluding hydrogens is 457 g/mol. The molecule has 0 aromatic heterocycles. The van der Waals surface area contributed by atoms with E-state index < -0.39 is 5.82 Å². The second kappa shape index (κ2) is 7.17. The Labute approximate surface area is 144 Å². The lowest BCUT2D eigenvalue weighted by Gasteiger charge is -2.18. The van der Waals surface area contributed by atoms with E-state index in [9.17, 15) is 4.39 Å². The molecule has 0 amide bonds. The zero-order valence-electron chi connectivity index (χ0n) is 10.3. The van der Waals surface area contributed by atoms with Gasteiger partial charge in [0.15, 0.2) is 0 Å². The van der Waals surface area contributed by atoms with E-state index in [1.807, 2.05) is 18.2 Å². The highest BCUT2D eigenvalue weighted by molar-refractivity contribution is 14.1. The monoisotopic (exact) mass is 468 g/mol. The Morgan fingerprint density at radius 3 is 2.70 bits per heavy atom. The lowest BCUT2D eigenvalue weighted by molar-refractivity contribution is 0.548. The second-order valence-corrected chi connectivity index (χ2v) is 6.82. The summed E-state index contributed by atoms with van der Waals surface area (Å²) in [6.07, 6.45) is 0.628. The molecule has 3 N–H and O–H groups in total. The van der Waals surface area contributed by atoms with E-state index in [0.717, 1.165) is 19.2 Å². The van der Waals surface area contributed by atoms with Crippen LogP contribution >= 0.6 is 50.1 Å². The SMILES string of the molecule is NNC(Cc1ccc(F)c(Cl)c1)c1cc(Br)ccc1I. The molecule has 0 saturated carbocycles. The minimum Gasteiger partial charge on any atom is -0.271 e. The van der Waals surface area contributed by atoms with E-state index in [2.05, 4.69) is 43.9 Å². The van der Waals surface area contributed by atoms with Crippen LogP contribution < -0.4 is 11.3 Å².